The molecule has 18 heavy (non-hydrogen) atoms. The van der Waals surface area contributed by atoms with Crippen LogP contribution in [0, 0.1) is 5.82 Å². The first-order chi connectivity index (χ1) is 8.58. The SMILES string of the molecule is CC(Nc1ccc(F)cc1C(=O)O)c1ccsc1. The van der Waals surface area contributed by atoms with E-state index in [4.69, 9.17) is 5.11 Å². The van der Waals surface area contributed by atoms with Gasteiger partial charge in [0.05, 0.1) is 5.56 Å². The minimum Gasteiger partial charge on any atom is -0.478 e. The van der Waals surface area contributed by atoms with Crippen LogP contribution in [0.1, 0.15) is 28.9 Å². The molecule has 0 bridgehead atoms. The van der Waals surface area contributed by atoms with E-state index in [1.54, 1.807) is 11.3 Å². The van der Waals surface area contributed by atoms with Gasteiger partial charge in [0.1, 0.15) is 5.82 Å². The molecule has 1 aromatic heterocycles. The van der Waals surface area contributed by atoms with Crippen LogP contribution in [-0.4, -0.2) is 11.1 Å². The number of carboxylic acid groups (broad SMARTS) is 1. The first-order valence-electron chi connectivity index (χ1n) is 5.39. The van der Waals surface area contributed by atoms with E-state index >= 15 is 0 Å². The summed E-state index contributed by atoms with van der Waals surface area (Å²) in [4.78, 5) is 11.0. The molecule has 0 radical (unpaired) electrons. The summed E-state index contributed by atoms with van der Waals surface area (Å²) in [5.74, 6) is -1.70. The molecule has 2 rings (SSSR count). The molecule has 1 aromatic carbocycles. The minimum absolute atomic E-state index is 0.0280. The van der Waals surface area contributed by atoms with Gasteiger partial charge in [0.25, 0.3) is 0 Å². The largest absolute Gasteiger partial charge is 0.478 e. The van der Waals surface area contributed by atoms with Crippen molar-refractivity contribution in [2.24, 2.45) is 0 Å². The van der Waals surface area contributed by atoms with Gasteiger partial charge in [-0.25, -0.2) is 9.18 Å². The molecule has 0 aliphatic rings. The van der Waals surface area contributed by atoms with E-state index in [9.17, 15) is 9.18 Å². The fourth-order valence-electron chi connectivity index (χ4n) is 1.66. The summed E-state index contributed by atoms with van der Waals surface area (Å²) in [6.45, 7) is 1.93. The summed E-state index contributed by atoms with van der Waals surface area (Å²) in [7, 11) is 0. The predicted molar refractivity (Wildman–Crippen MR) is 69.7 cm³/mol. The Hall–Kier alpha value is -1.88. The van der Waals surface area contributed by atoms with E-state index in [0.717, 1.165) is 11.6 Å². The van der Waals surface area contributed by atoms with Crippen molar-refractivity contribution in [3.05, 3.63) is 52.0 Å². The lowest BCUT2D eigenvalue weighted by Gasteiger charge is -2.16. The lowest BCUT2D eigenvalue weighted by molar-refractivity contribution is 0.0697. The van der Waals surface area contributed by atoms with Gasteiger partial charge in [-0.05, 0) is 47.5 Å². The summed E-state index contributed by atoms with van der Waals surface area (Å²) in [5.41, 5.74) is 1.43. The number of thiophene rings is 1. The summed E-state index contributed by atoms with van der Waals surface area (Å²) < 4.78 is 13.0. The van der Waals surface area contributed by atoms with Crippen molar-refractivity contribution in [2.45, 2.75) is 13.0 Å². The molecule has 3 nitrogen and oxygen atoms in total. The van der Waals surface area contributed by atoms with E-state index in [1.807, 2.05) is 23.8 Å². The highest BCUT2D eigenvalue weighted by atomic mass is 32.1. The average Bonchev–Trinajstić information content (AvgIpc) is 2.84. The Morgan fingerprint density at radius 2 is 2.22 bits per heavy atom. The molecule has 0 aliphatic carbocycles. The summed E-state index contributed by atoms with van der Waals surface area (Å²) >= 11 is 1.58. The van der Waals surface area contributed by atoms with Gasteiger partial charge in [0, 0.05) is 11.7 Å². The molecule has 1 atom stereocenters. The number of benzene rings is 1. The van der Waals surface area contributed by atoms with Gasteiger partial charge in [-0.1, -0.05) is 0 Å². The zero-order valence-electron chi connectivity index (χ0n) is 9.68. The monoisotopic (exact) mass is 265 g/mol. The predicted octanol–water partition coefficient (Wildman–Crippen LogP) is 3.76. The zero-order chi connectivity index (χ0) is 13.1. The second-order valence-electron chi connectivity index (χ2n) is 3.92. The third-order valence-corrected chi connectivity index (χ3v) is 3.33. The molecule has 2 N–H and O–H groups in total. The third kappa shape index (κ3) is 2.68. The van der Waals surface area contributed by atoms with Crippen LogP contribution in [0.25, 0.3) is 0 Å². The molecular weight excluding hydrogens is 253 g/mol. The summed E-state index contributed by atoms with van der Waals surface area (Å²) in [6, 6.07) is 5.65. The second kappa shape index (κ2) is 5.18. The van der Waals surface area contributed by atoms with Crippen molar-refractivity contribution in [1.82, 2.24) is 0 Å². The van der Waals surface area contributed by atoms with Crippen LogP contribution < -0.4 is 5.32 Å². The van der Waals surface area contributed by atoms with Crippen LogP contribution in [0.4, 0.5) is 10.1 Å². The highest BCUT2D eigenvalue weighted by molar-refractivity contribution is 7.07. The lowest BCUT2D eigenvalue weighted by atomic mass is 10.1. The van der Waals surface area contributed by atoms with Crippen LogP contribution in [0.2, 0.25) is 0 Å². The molecule has 0 spiro atoms. The third-order valence-electron chi connectivity index (χ3n) is 2.63. The number of carboxylic acids is 1. The lowest BCUT2D eigenvalue weighted by Crippen LogP contribution is -2.10. The number of rotatable bonds is 4. The molecule has 0 saturated carbocycles. The van der Waals surface area contributed by atoms with Crippen molar-refractivity contribution >= 4 is 23.0 Å². The maximum atomic E-state index is 13.0. The quantitative estimate of drug-likeness (QED) is 0.885. The van der Waals surface area contributed by atoms with Gasteiger partial charge in [-0.3, -0.25) is 0 Å². The number of anilines is 1. The van der Waals surface area contributed by atoms with Gasteiger partial charge in [-0.2, -0.15) is 11.3 Å². The zero-order valence-corrected chi connectivity index (χ0v) is 10.5. The van der Waals surface area contributed by atoms with E-state index in [-0.39, 0.29) is 11.6 Å². The molecule has 1 unspecified atom stereocenters. The Morgan fingerprint density at radius 1 is 1.44 bits per heavy atom. The molecule has 0 fully saturated rings. The van der Waals surface area contributed by atoms with E-state index in [2.05, 4.69) is 5.32 Å². The van der Waals surface area contributed by atoms with Crippen molar-refractivity contribution in [2.75, 3.05) is 5.32 Å². The Labute approximate surface area is 108 Å². The Bertz CT molecular complexity index is 554. The fraction of sp³-hybridized carbons (Fsp3) is 0.154. The summed E-state index contributed by atoms with van der Waals surface area (Å²) in [5, 5.41) is 16.1. The van der Waals surface area contributed by atoms with Crippen LogP contribution in [0.5, 0.6) is 0 Å². The molecule has 0 aliphatic heterocycles. The number of nitrogens with one attached hydrogen (secondary N) is 1. The van der Waals surface area contributed by atoms with Crippen molar-refractivity contribution in [3.8, 4) is 0 Å². The van der Waals surface area contributed by atoms with Crippen molar-refractivity contribution in [1.29, 1.82) is 0 Å². The number of carbonyl (C=O) groups is 1. The topological polar surface area (TPSA) is 49.3 Å². The van der Waals surface area contributed by atoms with Crippen LogP contribution in [-0.2, 0) is 0 Å². The molecule has 2 aromatic rings. The first-order valence-corrected chi connectivity index (χ1v) is 6.33. The van der Waals surface area contributed by atoms with Gasteiger partial charge < -0.3 is 10.4 Å². The fourth-order valence-corrected chi connectivity index (χ4v) is 2.41. The molecule has 0 saturated heterocycles. The molecule has 5 heteroatoms. The summed E-state index contributed by atoms with van der Waals surface area (Å²) in [6.07, 6.45) is 0. The Morgan fingerprint density at radius 3 is 2.83 bits per heavy atom. The smallest absolute Gasteiger partial charge is 0.337 e. The second-order valence-corrected chi connectivity index (χ2v) is 4.70. The van der Waals surface area contributed by atoms with Crippen LogP contribution in [0.15, 0.2) is 35.0 Å². The Kier molecular flexibility index (Phi) is 3.62. The number of hydrogen-bond acceptors (Lipinski definition) is 3. The van der Waals surface area contributed by atoms with Gasteiger partial charge in [0.2, 0.25) is 0 Å². The molecule has 0 amide bonds. The van der Waals surface area contributed by atoms with Gasteiger partial charge >= 0.3 is 5.97 Å². The van der Waals surface area contributed by atoms with E-state index in [0.29, 0.717) is 5.69 Å². The maximum Gasteiger partial charge on any atom is 0.337 e. The highest BCUT2D eigenvalue weighted by Crippen LogP contribution is 2.24. The van der Waals surface area contributed by atoms with E-state index < -0.39 is 11.8 Å². The van der Waals surface area contributed by atoms with Crippen LogP contribution >= 0.6 is 11.3 Å². The first kappa shape index (κ1) is 12.6. The molecule has 94 valence electrons. The number of hydrogen-bond donors (Lipinski definition) is 2. The normalized spacial score (nSPS) is 12.1. The van der Waals surface area contributed by atoms with E-state index in [1.165, 1.54) is 12.1 Å². The van der Waals surface area contributed by atoms with Crippen molar-refractivity contribution in [3.63, 3.8) is 0 Å². The molecule has 1 heterocycles. The Balaban J connectivity index is 2.26. The van der Waals surface area contributed by atoms with Crippen LogP contribution in [0.3, 0.4) is 0 Å². The average molecular weight is 265 g/mol. The highest BCUT2D eigenvalue weighted by Gasteiger charge is 2.14. The maximum absolute atomic E-state index is 13.0. The standard InChI is InChI=1S/C13H12FNO2S/c1-8(9-4-5-18-7-9)15-12-3-2-10(14)6-11(12)13(16)17/h2-8,15H,1H3,(H,16,17). The number of aromatic carboxylic acids is 1. The molecular formula is C13H12FNO2S. The minimum atomic E-state index is -1.14. The van der Waals surface area contributed by atoms with Gasteiger partial charge in [0.15, 0.2) is 0 Å². The van der Waals surface area contributed by atoms with Gasteiger partial charge in [-0.15, -0.1) is 0 Å². The number of halogens is 1. The van der Waals surface area contributed by atoms with Crippen molar-refractivity contribution < 1.29 is 14.3 Å².